The summed E-state index contributed by atoms with van der Waals surface area (Å²) in [7, 11) is 0.399. The number of hydrogen-bond acceptors (Lipinski definition) is 7. The van der Waals surface area contributed by atoms with E-state index in [4.69, 9.17) is 9.15 Å². The Morgan fingerprint density at radius 2 is 1.97 bits per heavy atom. The first-order valence-corrected chi connectivity index (χ1v) is 10.8. The van der Waals surface area contributed by atoms with Gasteiger partial charge in [0.2, 0.25) is 0 Å². The molecule has 171 valence electrons. The standard InChI is InChI=1S/C20H21FN4O6S.Na/c1-11-13-9-15(21)17(31-20(27)25(3)4)10-16(13)30-19(26)14(11)7-12-5-6-23-18(8-12)24-32(28,29)22-2;/h5-6,8-10,22H,7H2,1-4H3,(H,23,24);. The fraction of sp³-hybridized carbons (Fsp3) is 0.250. The van der Waals surface area contributed by atoms with Crippen molar-refractivity contribution in [1.82, 2.24) is 14.6 Å². The average Bonchev–Trinajstić information content (AvgIpc) is 2.72. The zero-order valence-electron chi connectivity index (χ0n) is 18.7. The van der Waals surface area contributed by atoms with Crippen molar-refractivity contribution < 1.29 is 26.8 Å². The van der Waals surface area contributed by atoms with Crippen LogP contribution in [0.3, 0.4) is 0 Å². The number of amides is 1. The first-order valence-electron chi connectivity index (χ1n) is 9.32. The van der Waals surface area contributed by atoms with Crippen LogP contribution in [0.1, 0.15) is 16.7 Å². The van der Waals surface area contributed by atoms with Crippen LogP contribution in [0.25, 0.3) is 11.0 Å². The van der Waals surface area contributed by atoms with Gasteiger partial charge in [-0.3, -0.25) is 4.72 Å². The largest absolute Gasteiger partial charge is 0.422 e. The Balaban J connectivity index is 0.00000385. The number of rotatable bonds is 6. The Morgan fingerprint density at radius 1 is 1.27 bits per heavy atom. The third-order valence-corrected chi connectivity index (χ3v) is 5.63. The van der Waals surface area contributed by atoms with Gasteiger partial charge in [-0.05, 0) is 36.2 Å². The number of nitrogens with zero attached hydrogens (tertiary/aromatic N) is 2. The second kappa shape index (κ2) is 10.6. The van der Waals surface area contributed by atoms with Crippen LogP contribution in [0.15, 0.2) is 39.7 Å². The minimum atomic E-state index is -3.75. The molecule has 0 aliphatic carbocycles. The molecule has 0 saturated heterocycles. The molecule has 0 atom stereocenters. The Morgan fingerprint density at radius 3 is 2.61 bits per heavy atom. The summed E-state index contributed by atoms with van der Waals surface area (Å²) in [5.74, 6) is -1.08. The molecule has 1 amide bonds. The summed E-state index contributed by atoms with van der Waals surface area (Å²) in [4.78, 5) is 29.4. The fourth-order valence-electron chi connectivity index (χ4n) is 2.89. The Bertz CT molecular complexity index is 1360. The maximum atomic E-state index is 14.5. The van der Waals surface area contributed by atoms with Gasteiger partial charge in [-0.15, -0.1) is 0 Å². The zero-order valence-corrected chi connectivity index (χ0v) is 21.5. The summed E-state index contributed by atoms with van der Waals surface area (Å²) in [6, 6.07) is 5.38. The molecule has 2 heterocycles. The SMILES string of the molecule is CNS(=O)(=O)Nc1cc(Cc2c(C)c3cc(F)c(OC(=O)N(C)C)cc3oc2=O)ccn1.[Na]. The van der Waals surface area contributed by atoms with Gasteiger partial charge in [0.1, 0.15) is 11.4 Å². The first-order chi connectivity index (χ1) is 15.0. The van der Waals surface area contributed by atoms with E-state index in [9.17, 15) is 22.4 Å². The van der Waals surface area contributed by atoms with Crippen LogP contribution in [0.4, 0.5) is 15.0 Å². The molecule has 10 nitrogen and oxygen atoms in total. The van der Waals surface area contributed by atoms with Gasteiger partial charge in [0, 0.05) is 80.3 Å². The third kappa shape index (κ3) is 6.30. The van der Waals surface area contributed by atoms with E-state index >= 15 is 0 Å². The smallest absolute Gasteiger partial charge is 0.414 e. The molecular formula is C20H21FN4NaO6S. The molecule has 0 bridgehead atoms. The van der Waals surface area contributed by atoms with Crippen LogP contribution < -0.4 is 19.8 Å². The van der Waals surface area contributed by atoms with E-state index in [-0.39, 0.29) is 58.7 Å². The molecule has 1 radical (unpaired) electrons. The summed E-state index contributed by atoms with van der Waals surface area (Å²) >= 11 is 0. The second-order valence-corrected chi connectivity index (χ2v) is 8.69. The van der Waals surface area contributed by atoms with Crippen molar-refractivity contribution in [3.05, 3.63) is 63.4 Å². The molecule has 0 unspecified atom stereocenters. The molecule has 0 fully saturated rings. The summed E-state index contributed by atoms with van der Waals surface area (Å²) < 4.78 is 52.5. The molecule has 2 aromatic heterocycles. The van der Waals surface area contributed by atoms with Gasteiger partial charge in [0.15, 0.2) is 11.6 Å². The molecule has 2 N–H and O–H groups in total. The number of aryl methyl sites for hydroxylation is 1. The first kappa shape index (κ1) is 26.7. The number of nitrogens with one attached hydrogen (secondary N) is 2. The van der Waals surface area contributed by atoms with E-state index < -0.39 is 27.7 Å². The predicted molar refractivity (Wildman–Crippen MR) is 121 cm³/mol. The van der Waals surface area contributed by atoms with E-state index in [2.05, 4.69) is 14.4 Å². The summed E-state index contributed by atoms with van der Waals surface area (Å²) in [5.41, 5.74) is 0.746. The fourth-order valence-corrected chi connectivity index (χ4v) is 3.38. The van der Waals surface area contributed by atoms with Crippen LogP contribution in [0.5, 0.6) is 5.75 Å². The van der Waals surface area contributed by atoms with E-state index in [0.29, 0.717) is 16.5 Å². The van der Waals surface area contributed by atoms with Gasteiger partial charge in [-0.2, -0.15) is 8.42 Å². The van der Waals surface area contributed by atoms with Crippen LogP contribution in [-0.2, 0) is 16.6 Å². The van der Waals surface area contributed by atoms with Crippen molar-refractivity contribution in [2.45, 2.75) is 13.3 Å². The van der Waals surface area contributed by atoms with Crippen molar-refractivity contribution in [3.63, 3.8) is 0 Å². The topological polar surface area (TPSA) is 131 Å². The minimum absolute atomic E-state index is 0. The molecule has 13 heteroatoms. The number of benzene rings is 1. The van der Waals surface area contributed by atoms with Crippen LogP contribution in [0.2, 0.25) is 0 Å². The number of aromatic nitrogens is 1. The van der Waals surface area contributed by atoms with Gasteiger partial charge in [0.25, 0.3) is 10.2 Å². The molecular weight excluding hydrogens is 466 g/mol. The third-order valence-electron chi connectivity index (χ3n) is 4.62. The van der Waals surface area contributed by atoms with Crippen LogP contribution >= 0.6 is 0 Å². The quantitative estimate of drug-likeness (QED) is 0.400. The van der Waals surface area contributed by atoms with E-state index in [1.54, 1.807) is 13.0 Å². The molecule has 33 heavy (non-hydrogen) atoms. The van der Waals surface area contributed by atoms with Crippen molar-refractivity contribution >= 4 is 62.6 Å². The monoisotopic (exact) mass is 487 g/mol. The van der Waals surface area contributed by atoms with Gasteiger partial charge < -0.3 is 14.1 Å². The number of carbonyl (C=O) groups is 1. The number of anilines is 1. The number of carbonyl (C=O) groups excluding carboxylic acids is 1. The minimum Gasteiger partial charge on any atom is -0.422 e. The average molecular weight is 487 g/mol. The number of halogens is 1. The normalized spacial score (nSPS) is 11.1. The molecule has 3 aromatic rings. The van der Waals surface area contributed by atoms with Gasteiger partial charge >= 0.3 is 11.7 Å². The van der Waals surface area contributed by atoms with Crippen molar-refractivity contribution in [1.29, 1.82) is 0 Å². The predicted octanol–water partition coefficient (Wildman–Crippen LogP) is 1.78. The summed E-state index contributed by atoms with van der Waals surface area (Å²) in [5, 5.41) is 0.340. The van der Waals surface area contributed by atoms with Gasteiger partial charge in [-0.25, -0.2) is 23.7 Å². The van der Waals surface area contributed by atoms with Crippen LogP contribution in [0, 0.1) is 12.7 Å². The Hall–Kier alpha value is -2.51. The number of fused-ring (bicyclic) bond motifs is 1. The van der Waals surface area contributed by atoms with E-state index in [0.717, 1.165) is 17.0 Å². The molecule has 1 aromatic carbocycles. The molecule has 3 rings (SSSR count). The zero-order chi connectivity index (χ0) is 23.6. The summed E-state index contributed by atoms with van der Waals surface area (Å²) in [6.07, 6.45) is 0.715. The second-order valence-electron chi connectivity index (χ2n) is 7.07. The Kier molecular flexibility index (Phi) is 8.60. The molecule has 0 spiro atoms. The maximum Gasteiger partial charge on any atom is 0.414 e. The van der Waals surface area contributed by atoms with Crippen LogP contribution in [-0.4, -0.2) is 75.1 Å². The van der Waals surface area contributed by atoms with E-state index in [1.165, 1.54) is 33.4 Å². The van der Waals surface area contributed by atoms with Crippen molar-refractivity contribution in [2.75, 3.05) is 25.9 Å². The van der Waals surface area contributed by atoms with Crippen molar-refractivity contribution in [3.8, 4) is 5.75 Å². The maximum absolute atomic E-state index is 14.5. The van der Waals surface area contributed by atoms with Gasteiger partial charge in [-0.1, -0.05) is 0 Å². The Labute approximate surface area is 211 Å². The number of pyridine rings is 1. The summed E-state index contributed by atoms with van der Waals surface area (Å²) in [6.45, 7) is 1.64. The van der Waals surface area contributed by atoms with Crippen molar-refractivity contribution in [2.24, 2.45) is 0 Å². The molecule has 0 aliphatic rings. The number of hydrogen-bond donors (Lipinski definition) is 2. The van der Waals surface area contributed by atoms with E-state index in [1.807, 2.05) is 0 Å². The van der Waals surface area contributed by atoms with Gasteiger partial charge in [0.05, 0.1) is 0 Å². The molecule has 0 saturated carbocycles. The molecule has 0 aliphatic heterocycles. The number of ether oxygens (including phenoxy) is 1.